The molecule has 2 N–H and O–H groups in total. The van der Waals surface area contributed by atoms with E-state index in [1.54, 1.807) is 0 Å². The number of hydrogen-bond donors (Lipinski definition) is 1. The van der Waals surface area contributed by atoms with E-state index < -0.39 is 0 Å². The molecule has 0 rings (SSSR count). The highest BCUT2D eigenvalue weighted by Crippen LogP contribution is 2.06. The van der Waals surface area contributed by atoms with Crippen molar-refractivity contribution in [2.75, 3.05) is 13.6 Å². The zero-order chi connectivity index (χ0) is 9.02. The summed E-state index contributed by atoms with van der Waals surface area (Å²) < 4.78 is 0. The first kappa shape index (κ1) is 10.1. The van der Waals surface area contributed by atoms with Crippen molar-refractivity contribution in [3.8, 4) is 0 Å². The fourth-order valence-electron chi connectivity index (χ4n) is 0.684. The second-order valence-electron chi connectivity index (χ2n) is 3.09. The van der Waals surface area contributed by atoms with Gasteiger partial charge in [0.1, 0.15) is 0 Å². The fraction of sp³-hybridized carbons (Fsp3) is 0.556. The van der Waals surface area contributed by atoms with E-state index in [-0.39, 0.29) is 0 Å². The predicted molar refractivity (Wildman–Crippen MR) is 49.9 cm³/mol. The van der Waals surface area contributed by atoms with Gasteiger partial charge in [-0.05, 0) is 6.92 Å². The molecule has 0 aliphatic heterocycles. The van der Waals surface area contributed by atoms with Gasteiger partial charge in [0.05, 0.1) is 0 Å². The summed E-state index contributed by atoms with van der Waals surface area (Å²) in [5.74, 6) is 0.330. The smallest absolute Gasteiger partial charge is 0.0251 e. The highest BCUT2D eigenvalue weighted by Gasteiger charge is 2.05. The van der Waals surface area contributed by atoms with Gasteiger partial charge >= 0.3 is 0 Å². The van der Waals surface area contributed by atoms with E-state index in [4.69, 9.17) is 5.73 Å². The average molecular weight is 154 g/mol. The Bertz CT molecular complexity index is 143. The molecule has 2 nitrogen and oxygen atoms in total. The number of nitrogens with two attached hydrogens (primary N) is 1. The molecule has 0 fully saturated rings. The van der Waals surface area contributed by atoms with Crippen molar-refractivity contribution in [1.29, 1.82) is 0 Å². The highest BCUT2D eigenvalue weighted by molar-refractivity contribution is 4.96. The van der Waals surface area contributed by atoms with Gasteiger partial charge in [-0.3, -0.25) is 0 Å². The minimum Gasteiger partial charge on any atom is -0.402 e. The van der Waals surface area contributed by atoms with Gasteiger partial charge in [-0.25, -0.2) is 0 Å². The Morgan fingerprint density at radius 1 is 1.55 bits per heavy atom. The van der Waals surface area contributed by atoms with Crippen LogP contribution in [-0.2, 0) is 0 Å². The second kappa shape index (κ2) is 4.06. The number of hydrogen-bond acceptors (Lipinski definition) is 2. The quantitative estimate of drug-likeness (QED) is 0.666. The van der Waals surface area contributed by atoms with Crippen molar-refractivity contribution in [2.24, 2.45) is 11.7 Å². The Hall–Kier alpha value is -0.920. The van der Waals surface area contributed by atoms with E-state index >= 15 is 0 Å². The van der Waals surface area contributed by atoms with E-state index in [9.17, 15) is 0 Å². The Morgan fingerprint density at radius 3 is 2.27 bits per heavy atom. The van der Waals surface area contributed by atoms with Gasteiger partial charge in [0.15, 0.2) is 0 Å². The maximum Gasteiger partial charge on any atom is 0.0251 e. The standard InChI is InChI=1S/C9H18N2/c1-7(2)11(5)6-8(3)9(4)10/h8H,1,4,6,10H2,2-3,5H3. The van der Waals surface area contributed by atoms with E-state index in [1.165, 1.54) is 0 Å². The monoisotopic (exact) mass is 154 g/mol. The molecule has 0 heterocycles. The number of allylic oxidation sites excluding steroid dienone is 1. The average Bonchev–Trinajstić information content (AvgIpc) is 1.87. The first-order valence-electron chi connectivity index (χ1n) is 3.76. The molecule has 0 aromatic heterocycles. The fourth-order valence-corrected chi connectivity index (χ4v) is 0.684. The molecule has 2 heteroatoms. The molecule has 0 aromatic rings. The Morgan fingerprint density at radius 2 is 2.00 bits per heavy atom. The zero-order valence-corrected chi connectivity index (χ0v) is 7.72. The zero-order valence-electron chi connectivity index (χ0n) is 7.72. The van der Waals surface area contributed by atoms with Crippen molar-refractivity contribution in [3.63, 3.8) is 0 Å². The number of nitrogens with zero attached hydrogens (tertiary/aromatic N) is 1. The molecule has 1 atom stereocenters. The Balaban J connectivity index is 3.84. The first-order chi connectivity index (χ1) is 4.95. The lowest BCUT2D eigenvalue weighted by Crippen LogP contribution is -2.25. The van der Waals surface area contributed by atoms with Crippen LogP contribution in [-0.4, -0.2) is 18.5 Å². The molecular weight excluding hydrogens is 136 g/mol. The minimum atomic E-state index is 0.330. The predicted octanol–water partition coefficient (Wildman–Crippen LogP) is 1.56. The SMILES string of the molecule is C=C(N)C(C)CN(C)C(=C)C. The number of rotatable bonds is 4. The molecule has 0 bridgehead atoms. The van der Waals surface area contributed by atoms with Crippen LogP contribution in [0.4, 0.5) is 0 Å². The molecule has 0 aliphatic rings. The van der Waals surface area contributed by atoms with Crippen LogP contribution in [0.15, 0.2) is 24.6 Å². The normalized spacial score (nSPS) is 12.3. The summed E-state index contributed by atoms with van der Waals surface area (Å²) >= 11 is 0. The lowest BCUT2D eigenvalue weighted by molar-refractivity contribution is 0.372. The highest BCUT2D eigenvalue weighted by atomic mass is 15.1. The van der Waals surface area contributed by atoms with E-state index in [1.807, 2.05) is 14.0 Å². The second-order valence-corrected chi connectivity index (χ2v) is 3.09. The third kappa shape index (κ3) is 3.71. The van der Waals surface area contributed by atoms with Crippen LogP contribution < -0.4 is 5.73 Å². The molecule has 0 aliphatic carbocycles. The van der Waals surface area contributed by atoms with E-state index in [0.717, 1.165) is 17.9 Å². The van der Waals surface area contributed by atoms with Crippen molar-refractivity contribution >= 4 is 0 Å². The summed E-state index contributed by atoms with van der Waals surface area (Å²) in [6.07, 6.45) is 0. The van der Waals surface area contributed by atoms with Crippen molar-refractivity contribution in [2.45, 2.75) is 13.8 Å². The van der Waals surface area contributed by atoms with Crippen molar-refractivity contribution in [1.82, 2.24) is 4.90 Å². The summed E-state index contributed by atoms with van der Waals surface area (Å²) in [6, 6.07) is 0. The van der Waals surface area contributed by atoms with Crippen LogP contribution in [0.1, 0.15) is 13.8 Å². The molecule has 1 unspecified atom stereocenters. The molecular formula is C9H18N2. The van der Waals surface area contributed by atoms with Crippen LogP contribution >= 0.6 is 0 Å². The molecule has 0 spiro atoms. The summed E-state index contributed by atoms with van der Waals surface area (Å²) in [4.78, 5) is 2.07. The van der Waals surface area contributed by atoms with Crippen molar-refractivity contribution < 1.29 is 0 Å². The van der Waals surface area contributed by atoms with Crippen LogP contribution in [0.3, 0.4) is 0 Å². The van der Waals surface area contributed by atoms with Crippen LogP contribution in [0.2, 0.25) is 0 Å². The first-order valence-corrected chi connectivity index (χ1v) is 3.76. The molecule has 0 amide bonds. The maximum atomic E-state index is 5.53. The van der Waals surface area contributed by atoms with Crippen molar-refractivity contribution in [3.05, 3.63) is 24.6 Å². The summed E-state index contributed by atoms with van der Waals surface area (Å²) in [5, 5.41) is 0. The Labute approximate surface area is 69.4 Å². The van der Waals surface area contributed by atoms with Gasteiger partial charge in [0.25, 0.3) is 0 Å². The minimum absolute atomic E-state index is 0.330. The van der Waals surface area contributed by atoms with Gasteiger partial charge in [-0.2, -0.15) is 0 Å². The van der Waals surface area contributed by atoms with Crippen LogP contribution in [0.25, 0.3) is 0 Å². The summed E-state index contributed by atoms with van der Waals surface area (Å²) in [5.41, 5.74) is 7.32. The van der Waals surface area contributed by atoms with Crippen LogP contribution in [0.5, 0.6) is 0 Å². The van der Waals surface area contributed by atoms with E-state index in [2.05, 4.69) is 25.0 Å². The molecule has 0 aromatic carbocycles. The lowest BCUT2D eigenvalue weighted by atomic mass is 10.1. The van der Waals surface area contributed by atoms with Gasteiger partial charge < -0.3 is 10.6 Å². The summed E-state index contributed by atoms with van der Waals surface area (Å²) in [6.45, 7) is 12.4. The third-order valence-corrected chi connectivity index (χ3v) is 1.83. The lowest BCUT2D eigenvalue weighted by Gasteiger charge is -2.22. The van der Waals surface area contributed by atoms with Crippen LogP contribution in [0, 0.1) is 5.92 Å². The Kier molecular flexibility index (Phi) is 3.72. The van der Waals surface area contributed by atoms with Gasteiger partial charge in [-0.1, -0.05) is 20.1 Å². The molecule has 0 radical (unpaired) electrons. The largest absolute Gasteiger partial charge is 0.402 e. The third-order valence-electron chi connectivity index (χ3n) is 1.83. The molecule has 64 valence electrons. The van der Waals surface area contributed by atoms with E-state index in [0.29, 0.717) is 5.92 Å². The molecule has 0 saturated heterocycles. The molecule has 11 heavy (non-hydrogen) atoms. The van der Waals surface area contributed by atoms with Gasteiger partial charge in [0.2, 0.25) is 0 Å². The van der Waals surface area contributed by atoms with Gasteiger partial charge in [-0.15, -0.1) is 0 Å². The molecule has 0 saturated carbocycles. The summed E-state index contributed by atoms with van der Waals surface area (Å²) in [7, 11) is 2.00. The maximum absolute atomic E-state index is 5.53. The topological polar surface area (TPSA) is 29.3 Å². The van der Waals surface area contributed by atoms with Gasteiger partial charge in [0, 0.05) is 30.9 Å².